The molecule has 0 saturated carbocycles. The van der Waals surface area contributed by atoms with Crippen molar-refractivity contribution in [2.75, 3.05) is 26.4 Å². The first kappa shape index (κ1) is 62.7. The molecule has 8 aromatic carbocycles. The molecule has 0 aromatic heterocycles. The Morgan fingerprint density at radius 3 is 0.647 bits per heavy atom. The van der Waals surface area contributed by atoms with Gasteiger partial charge in [0.25, 0.3) is 0 Å². The van der Waals surface area contributed by atoms with Crippen molar-refractivity contribution in [3.05, 3.63) is 194 Å². The van der Waals surface area contributed by atoms with Crippen molar-refractivity contribution >= 4 is 56.5 Å². The third-order valence-corrected chi connectivity index (χ3v) is 23.6. The van der Waals surface area contributed by atoms with Gasteiger partial charge in [-0.1, -0.05) is 0 Å². The van der Waals surface area contributed by atoms with Crippen LogP contribution in [0, 0.1) is 0 Å². The number of hydrogen-bond donors (Lipinski definition) is 0. The average Bonchev–Trinajstić information content (AvgIpc) is 0.953. The van der Waals surface area contributed by atoms with Crippen LogP contribution in [0.3, 0.4) is 0 Å². The summed E-state index contributed by atoms with van der Waals surface area (Å²) < 4.78 is 52.5. The van der Waals surface area contributed by atoms with Gasteiger partial charge in [-0.05, 0) is 0 Å². The molecule has 0 radical (unpaired) electrons. The van der Waals surface area contributed by atoms with E-state index in [1.54, 1.807) is 0 Å². The molecule has 0 bridgehead atoms. The number of ether oxygens (including phenoxy) is 8. The number of benzene rings is 8. The minimum atomic E-state index is -4.89. The van der Waals surface area contributed by atoms with E-state index in [4.69, 9.17) is 37.9 Å². The zero-order valence-corrected chi connectivity index (χ0v) is 52.9. The zero-order chi connectivity index (χ0) is 61.2. The molecule has 0 aliphatic rings. The van der Waals surface area contributed by atoms with Gasteiger partial charge in [-0.3, -0.25) is 0 Å². The Morgan fingerprint density at radius 1 is 0.282 bits per heavy atom. The molecule has 0 N–H and O–H groups in total. The maximum absolute atomic E-state index is 13.4. The Hall–Kier alpha value is -8.37. The predicted molar refractivity (Wildman–Crippen MR) is 337 cm³/mol. The summed E-state index contributed by atoms with van der Waals surface area (Å²) in [5.41, 5.74) is 3.28. The molecule has 0 aliphatic carbocycles. The van der Waals surface area contributed by atoms with Crippen LogP contribution in [0.25, 0.3) is 44.5 Å². The van der Waals surface area contributed by atoms with Crippen molar-refractivity contribution in [2.24, 2.45) is 0 Å². The summed E-state index contributed by atoms with van der Waals surface area (Å²) in [5, 5.41) is 0. The second-order valence-electron chi connectivity index (χ2n) is 24.2. The Morgan fingerprint density at radius 2 is 0.471 bits per heavy atom. The van der Waals surface area contributed by atoms with E-state index in [0.29, 0.717) is 23.0 Å². The molecule has 442 valence electrons. The number of hydrogen-bond acceptors (Lipinski definition) is 12. The first-order valence-corrected chi connectivity index (χ1v) is 32.9. The van der Waals surface area contributed by atoms with Gasteiger partial charge in [0, 0.05) is 0 Å². The van der Waals surface area contributed by atoms with Crippen molar-refractivity contribution in [3.8, 4) is 67.5 Å². The normalized spacial score (nSPS) is 12.1. The molecule has 0 fully saturated rings. The summed E-state index contributed by atoms with van der Waals surface area (Å²) >= 11 is -4.89. The standard InChI is InChI=1S/C72H76O12Te/c1-69(2,3)81-65(73)45-77-61-37-33-53(41-57(61)49-25-17-13-18-26-49)85(54-34-38-62(78-46-66(74)82-70(4,5)6)58(42-54)50-27-19-14-20-28-50,55-35-39-63(79-47-67(75)83-71(7,8)9)59(43-55)51-29-21-15-22-30-51)56-36-40-64(80-48-68(76)84-72(10,11)12)60(44-56)52-31-23-16-24-32-52/h13-44H,45-48H2,1-12H3. The molecular formula is C72H76O12Te. The first-order valence-electron chi connectivity index (χ1n) is 28.2. The van der Waals surface area contributed by atoms with Crippen molar-refractivity contribution in [1.29, 1.82) is 0 Å². The summed E-state index contributed by atoms with van der Waals surface area (Å²) in [4.78, 5) is 53.5. The van der Waals surface area contributed by atoms with Gasteiger partial charge in [-0.15, -0.1) is 0 Å². The van der Waals surface area contributed by atoms with Gasteiger partial charge in [0.1, 0.15) is 0 Å². The van der Waals surface area contributed by atoms with Crippen LogP contribution in [0.1, 0.15) is 83.1 Å². The van der Waals surface area contributed by atoms with Crippen LogP contribution in [0.15, 0.2) is 194 Å². The van der Waals surface area contributed by atoms with Gasteiger partial charge in [-0.2, -0.15) is 0 Å². The maximum atomic E-state index is 13.4. The quantitative estimate of drug-likeness (QED) is 0.0407. The van der Waals surface area contributed by atoms with E-state index >= 15 is 0 Å². The van der Waals surface area contributed by atoms with Crippen LogP contribution < -0.4 is 33.4 Å². The van der Waals surface area contributed by atoms with E-state index < -0.39 is 64.5 Å². The van der Waals surface area contributed by atoms with E-state index in [1.807, 2.05) is 229 Å². The molecule has 0 unspecified atom stereocenters. The fourth-order valence-electron chi connectivity index (χ4n) is 9.52. The third kappa shape index (κ3) is 16.9. The van der Waals surface area contributed by atoms with Crippen LogP contribution in [-0.2, 0) is 38.1 Å². The molecule has 0 atom stereocenters. The summed E-state index contributed by atoms with van der Waals surface area (Å²) in [6.45, 7) is 20.4. The molecule has 0 heterocycles. The molecule has 0 saturated heterocycles. The van der Waals surface area contributed by atoms with Gasteiger partial charge >= 0.3 is 507 Å². The number of carbonyl (C=O) groups is 4. The molecule has 0 amide bonds. The van der Waals surface area contributed by atoms with Gasteiger partial charge < -0.3 is 0 Å². The molecule has 85 heavy (non-hydrogen) atoms. The monoisotopic (exact) mass is 1260 g/mol. The van der Waals surface area contributed by atoms with Crippen LogP contribution in [0.4, 0.5) is 0 Å². The molecule has 13 heteroatoms. The average molecular weight is 1260 g/mol. The SMILES string of the molecule is CC(C)(C)OC(=O)COc1ccc([Te](c2ccc(OCC(=O)OC(C)(C)C)c(-c3ccccc3)c2)(c2ccc(OCC(=O)OC(C)(C)C)c(-c3ccccc3)c2)c2ccc(OCC(=O)OC(C)(C)C)c(-c3ccccc3)c2)cc1-c1ccccc1. The zero-order valence-electron chi connectivity index (χ0n) is 50.6. The van der Waals surface area contributed by atoms with Crippen LogP contribution >= 0.6 is 0 Å². The Balaban J connectivity index is 1.50. The molecule has 0 aliphatic heterocycles. The number of esters is 4. The van der Waals surface area contributed by atoms with E-state index in [0.717, 1.165) is 59.0 Å². The number of carbonyl (C=O) groups excluding carboxylic acids is 4. The fraction of sp³-hybridized carbons (Fsp3) is 0.278. The van der Waals surface area contributed by atoms with Crippen LogP contribution in [0.2, 0.25) is 0 Å². The summed E-state index contributed by atoms with van der Waals surface area (Å²) in [6, 6.07) is 64.2. The third-order valence-electron chi connectivity index (χ3n) is 12.6. The van der Waals surface area contributed by atoms with E-state index in [1.165, 1.54) is 0 Å². The van der Waals surface area contributed by atoms with Crippen LogP contribution in [0.5, 0.6) is 23.0 Å². The summed E-state index contributed by atoms with van der Waals surface area (Å²) in [5.74, 6) is -0.240. The van der Waals surface area contributed by atoms with Gasteiger partial charge in [0.2, 0.25) is 0 Å². The van der Waals surface area contributed by atoms with Crippen molar-refractivity contribution in [3.63, 3.8) is 0 Å². The second-order valence-corrected chi connectivity index (χ2v) is 33.1. The predicted octanol–water partition coefficient (Wildman–Crippen LogP) is 12.6. The van der Waals surface area contributed by atoms with Crippen LogP contribution in [-0.4, -0.2) is 90.9 Å². The Bertz CT molecular complexity index is 3130. The first-order chi connectivity index (χ1) is 40.2. The molecule has 12 nitrogen and oxygen atoms in total. The van der Waals surface area contributed by atoms with E-state index in [-0.39, 0.29) is 26.4 Å². The fourth-order valence-corrected chi connectivity index (χ4v) is 20.7. The van der Waals surface area contributed by atoms with E-state index in [2.05, 4.69) is 48.5 Å². The number of rotatable bonds is 20. The van der Waals surface area contributed by atoms with Crippen molar-refractivity contribution in [2.45, 2.75) is 105 Å². The Kier molecular flexibility index (Phi) is 19.7. The van der Waals surface area contributed by atoms with Gasteiger partial charge in [0.05, 0.1) is 0 Å². The van der Waals surface area contributed by atoms with Crippen molar-refractivity contribution < 1.29 is 57.1 Å². The van der Waals surface area contributed by atoms with Gasteiger partial charge in [0.15, 0.2) is 0 Å². The van der Waals surface area contributed by atoms with Crippen molar-refractivity contribution in [1.82, 2.24) is 0 Å². The van der Waals surface area contributed by atoms with E-state index in [9.17, 15) is 19.2 Å². The van der Waals surface area contributed by atoms with Gasteiger partial charge in [-0.25, -0.2) is 0 Å². The summed E-state index contributed by atoms with van der Waals surface area (Å²) in [7, 11) is 0. The molecule has 8 aromatic rings. The minimum absolute atomic E-state index is 0.342. The molecule has 0 spiro atoms. The topological polar surface area (TPSA) is 142 Å². The Labute approximate surface area is 504 Å². The summed E-state index contributed by atoms with van der Waals surface area (Å²) in [6.07, 6.45) is 0. The molecular weight excluding hydrogens is 1180 g/mol. The second kappa shape index (κ2) is 26.7. The molecule has 8 rings (SSSR count).